The highest BCUT2D eigenvalue weighted by molar-refractivity contribution is 6.29. The van der Waals surface area contributed by atoms with Gasteiger partial charge in [-0.1, -0.05) is 31.9 Å². The first kappa shape index (κ1) is 15.3. The van der Waals surface area contributed by atoms with Crippen molar-refractivity contribution < 1.29 is 9.90 Å². The van der Waals surface area contributed by atoms with Crippen LogP contribution in [0.25, 0.3) is 0 Å². The van der Waals surface area contributed by atoms with Gasteiger partial charge in [0.1, 0.15) is 5.15 Å². The highest BCUT2D eigenvalue weighted by atomic mass is 35.5. The van der Waals surface area contributed by atoms with Crippen LogP contribution in [0.4, 0.5) is 0 Å². The maximum absolute atomic E-state index is 12.5. The van der Waals surface area contributed by atoms with Gasteiger partial charge in [-0.15, -0.1) is 0 Å². The minimum Gasteiger partial charge on any atom is -0.391 e. The first-order chi connectivity index (χ1) is 9.51. The SMILES string of the molecule is CCCc1cc(C(=O)N2CCC(C)C(O)C2)cc(Cl)n1. The van der Waals surface area contributed by atoms with Crippen LogP contribution in [-0.2, 0) is 6.42 Å². The van der Waals surface area contributed by atoms with Crippen LogP contribution in [0.1, 0.15) is 42.7 Å². The van der Waals surface area contributed by atoms with Gasteiger partial charge in [0, 0.05) is 24.3 Å². The molecule has 1 fully saturated rings. The summed E-state index contributed by atoms with van der Waals surface area (Å²) in [6.07, 6.45) is 2.15. The Kier molecular flexibility index (Phi) is 5.00. The zero-order valence-electron chi connectivity index (χ0n) is 12.0. The molecule has 2 atom stereocenters. The average Bonchev–Trinajstić information content (AvgIpc) is 2.41. The summed E-state index contributed by atoms with van der Waals surface area (Å²) >= 11 is 5.99. The summed E-state index contributed by atoms with van der Waals surface area (Å²) in [6.45, 7) is 5.14. The standard InChI is InChI=1S/C15H21ClN2O2/c1-3-4-12-7-11(8-14(16)17-12)15(20)18-6-5-10(2)13(19)9-18/h7-8,10,13,19H,3-6,9H2,1-2H3. The molecule has 1 aliphatic heterocycles. The fourth-order valence-corrected chi connectivity index (χ4v) is 2.70. The molecule has 0 saturated carbocycles. The molecule has 1 aromatic heterocycles. The minimum absolute atomic E-state index is 0.0717. The Morgan fingerprint density at radius 2 is 2.30 bits per heavy atom. The number of halogens is 1. The highest BCUT2D eigenvalue weighted by Gasteiger charge is 2.28. The Balaban J connectivity index is 2.16. The molecule has 5 heteroatoms. The Morgan fingerprint density at radius 3 is 2.95 bits per heavy atom. The molecule has 0 aromatic carbocycles. The lowest BCUT2D eigenvalue weighted by Crippen LogP contribution is -2.45. The van der Waals surface area contributed by atoms with Gasteiger partial charge in [-0.2, -0.15) is 0 Å². The van der Waals surface area contributed by atoms with E-state index in [0.29, 0.717) is 23.8 Å². The molecule has 1 aromatic rings. The highest BCUT2D eigenvalue weighted by Crippen LogP contribution is 2.20. The number of nitrogens with zero attached hydrogens (tertiary/aromatic N) is 2. The van der Waals surface area contributed by atoms with Crippen LogP contribution >= 0.6 is 11.6 Å². The molecular formula is C15H21ClN2O2. The predicted molar refractivity (Wildman–Crippen MR) is 78.9 cm³/mol. The number of likely N-dealkylation sites (tertiary alicyclic amines) is 1. The van der Waals surface area contributed by atoms with E-state index in [2.05, 4.69) is 11.9 Å². The van der Waals surface area contributed by atoms with E-state index < -0.39 is 6.10 Å². The molecule has 0 spiro atoms. The van der Waals surface area contributed by atoms with Gasteiger partial charge in [-0.05, 0) is 30.9 Å². The quantitative estimate of drug-likeness (QED) is 0.872. The zero-order chi connectivity index (χ0) is 14.7. The molecule has 1 amide bonds. The molecule has 1 saturated heterocycles. The average molecular weight is 297 g/mol. The third kappa shape index (κ3) is 3.49. The number of hydrogen-bond acceptors (Lipinski definition) is 3. The van der Waals surface area contributed by atoms with Crippen molar-refractivity contribution in [3.05, 3.63) is 28.5 Å². The van der Waals surface area contributed by atoms with Crippen molar-refractivity contribution in [3.63, 3.8) is 0 Å². The molecule has 2 unspecified atom stereocenters. The van der Waals surface area contributed by atoms with Gasteiger partial charge < -0.3 is 10.0 Å². The topological polar surface area (TPSA) is 53.4 Å². The van der Waals surface area contributed by atoms with Gasteiger partial charge >= 0.3 is 0 Å². The Bertz CT molecular complexity index is 493. The predicted octanol–water partition coefficient (Wildman–Crippen LogP) is 2.53. The molecule has 0 radical (unpaired) electrons. The largest absolute Gasteiger partial charge is 0.391 e. The molecule has 1 aliphatic rings. The normalized spacial score (nSPS) is 22.9. The van der Waals surface area contributed by atoms with Crippen LogP contribution in [0.15, 0.2) is 12.1 Å². The maximum Gasteiger partial charge on any atom is 0.254 e. The van der Waals surface area contributed by atoms with Gasteiger partial charge in [-0.3, -0.25) is 4.79 Å². The minimum atomic E-state index is -0.444. The summed E-state index contributed by atoms with van der Waals surface area (Å²) in [6, 6.07) is 3.41. The first-order valence-corrected chi connectivity index (χ1v) is 7.53. The molecule has 2 heterocycles. The van der Waals surface area contributed by atoms with E-state index in [9.17, 15) is 9.90 Å². The van der Waals surface area contributed by atoms with Gasteiger partial charge in [0.25, 0.3) is 5.91 Å². The summed E-state index contributed by atoms with van der Waals surface area (Å²) in [5.41, 5.74) is 1.41. The van der Waals surface area contributed by atoms with Gasteiger partial charge in [0.2, 0.25) is 0 Å². The van der Waals surface area contributed by atoms with Crippen molar-refractivity contribution in [3.8, 4) is 0 Å². The monoisotopic (exact) mass is 296 g/mol. The molecule has 110 valence electrons. The van der Waals surface area contributed by atoms with E-state index >= 15 is 0 Å². The molecule has 4 nitrogen and oxygen atoms in total. The van der Waals surface area contributed by atoms with Crippen LogP contribution in [0, 0.1) is 5.92 Å². The van der Waals surface area contributed by atoms with Crippen molar-refractivity contribution in [1.82, 2.24) is 9.88 Å². The maximum atomic E-state index is 12.5. The number of rotatable bonds is 3. The van der Waals surface area contributed by atoms with Gasteiger partial charge in [0.05, 0.1) is 6.10 Å². The lowest BCUT2D eigenvalue weighted by Gasteiger charge is -2.34. The van der Waals surface area contributed by atoms with Crippen molar-refractivity contribution in [2.75, 3.05) is 13.1 Å². The number of β-amino-alcohol motifs (C(OH)–C–C–N with tert-alkyl or cyclic N) is 1. The third-order valence-electron chi connectivity index (χ3n) is 3.81. The number of carbonyl (C=O) groups excluding carboxylic acids is 1. The van der Waals surface area contributed by atoms with Crippen LogP contribution in [0.3, 0.4) is 0 Å². The van der Waals surface area contributed by atoms with E-state index in [1.165, 1.54) is 0 Å². The summed E-state index contributed by atoms with van der Waals surface area (Å²) in [4.78, 5) is 18.4. The lowest BCUT2D eigenvalue weighted by molar-refractivity contribution is 0.0248. The third-order valence-corrected chi connectivity index (χ3v) is 4.00. The van der Waals surface area contributed by atoms with Crippen LogP contribution in [0.5, 0.6) is 0 Å². The number of amides is 1. The lowest BCUT2D eigenvalue weighted by atomic mass is 9.95. The summed E-state index contributed by atoms with van der Waals surface area (Å²) < 4.78 is 0. The van der Waals surface area contributed by atoms with Crippen molar-refractivity contribution >= 4 is 17.5 Å². The Morgan fingerprint density at radius 1 is 1.55 bits per heavy atom. The van der Waals surface area contributed by atoms with Crippen LogP contribution in [0.2, 0.25) is 5.15 Å². The smallest absolute Gasteiger partial charge is 0.254 e. The Labute approximate surface area is 124 Å². The van der Waals surface area contributed by atoms with E-state index in [-0.39, 0.29) is 11.8 Å². The first-order valence-electron chi connectivity index (χ1n) is 7.15. The number of pyridine rings is 1. The summed E-state index contributed by atoms with van der Waals surface area (Å²) in [5, 5.41) is 10.3. The molecular weight excluding hydrogens is 276 g/mol. The number of hydrogen-bond donors (Lipinski definition) is 1. The number of aromatic nitrogens is 1. The second kappa shape index (κ2) is 6.55. The Hall–Kier alpha value is -1.13. The molecule has 2 rings (SSSR count). The number of piperidine rings is 1. The summed E-state index contributed by atoms with van der Waals surface area (Å²) in [7, 11) is 0. The van der Waals surface area contributed by atoms with Crippen molar-refractivity contribution in [2.45, 2.75) is 39.2 Å². The zero-order valence-corrected chi connectivity index (χ0v) is 12.7. The van der Waals surface area contributed by atoms with Crippen LogP contribution < -0.4 is 0 Å². The molecule has 0 aliphatic carbocycles. The van der Waals surface area contributed by atoms with Crippen molar-refractivity contribution in [1.29, 1.82) is 0 Å². The second-order valence-corrected chi connectivity index (χ2v) is 5.89. The van der Waals surface area contributed by atoms with E-state index in [4.69, 9.17) is 11.6 Å². The fourth-order valence-electron chi connectivity index (χ4n) is 2.47. The molecule has 0 bridgehead atoms. The number of aryl methyl sites for hydroxylation is 1. The molecule has 20 heavy (non-hydrogen) atoms. The number of aliphatic hydroxyl groups is 1. The van der Waals surface area contributed by atoms with Gasteiger partial charge in [-0.25, -0.2) is 4.98 Å². The second-order valence-electron chi connectivity index (χ2n) is 5.50. The van der Waals surface area contributed by atoms with E-state index in [1.807, 2.05) is 13.0 Å². The van der Waals surface area contributed by atoms with E-state index in [1.54, 1.807) is 11.0 Å². The van der Waals surface area contributed by atoms with Crippen LogP contribution in [-0.4, -0.2) is 40.1 Å². The van der Waals surface area contributed by atoms with Gasteiger partial charge in [0.15, 0.2) is 0 Å². The number of aliphatic hydroxyl groups excluding tert-OH is 1. The number of carbonyl (C=O) groups is 1. The fraction of sp³-hybridized carbons (Fsp3) is 0.600. The van der Waals surface area contributed by atoms with E-state index in [0.717, 1.165) is 25.0 Å². The molecule has 1 N–H and O–H groups in total. The van der Waals surface area contributed by atoms with Crippen molar-refractivity contribution in [2.24, 2.45) is 5.92 Å². The summed E-state index contributed by atoms with van der Waals surface area (Å²) in [5.74, 6) is 0.174.